The lowest BCUT2D eigenvalue weighted by atomic mass is 10.2. The van der Waals surface area contributed by atoms with Gasteiger partial charge < -0.3 is 24.4 Å². The Kier molecular flexibility index (Phi) is 9.78. The zero-order chi connectivity index (χ0) is 25.7. The second-order valence-electron chi connectivity index (χ2n) is 8.14. The standard InChI is InChI=1S/C23H27F2N5O5S.CH4/c1-32-20-4-3-15(11-26-20)13-29-6-5-28(7-8-34-29)21-18(24)9-16(10-19(21)25)30-14-17(35-23(30)31)12-27-22(36)33-2;/h3-4,9-11,17H,5-8,12-14H2,1-2H3,(H,27,36);1H4/t17-;/m0./s1. The van der Waals surface area contributed by atoms with E-state index in [0.29, 0.717) is 32.1 Å². The SMILES string of the molecule is C.COC(=S)NC[C@H]1CN(c2cc(F)c(N3CCON(Cc4ccc(OC)nc4)CC3)c(F)c2)C(=O)O1. The molecule has 4 rings (SSSR count). The maximum Gasteiger partial charge on any atom is 0.414 e. The van der Waals surface area contributed by atoms with Crippen LogP contribution in [0.25, 0.3) is 0 Å². The van der Waals surface area contributed by atoms with Crippen molar-refractivity contribution in [1.29, 1.82) is 0 Å². The van der Waals surface area contributed by atoms with E-state index in [1.807, 2.05) is 6.07 Å². The molecule has 1 atom stereocenters. The van der Waals surface area contributed by atoms with Crippen molar-refractivity contribution in [1.82, 2.24) is 15.4 Å². The van der Waals surface area contributed by atoms with Gasteiger partial charge in [0, 0.05) is 44.0 Å². The first-order valence-corrected chi connectivity index (χ1v) is 11.7. The van der Waals surface area contributed by atoms with Crippen molar-refractivity contribution in [3.8, 4) is 5.88 Å². The van der Waals surface area contributed by atoms with Crippen LogP contribution >= 0.6 is 12.2 Å². The number of nitrogens with one attached hydrogen (secondary N) is 1. The highest BCUT2D eigenvalue weighted by Crippen LogP contribution is 2.31. The van der Waals surface area contributed by atoms with E-state index in [1.54, 1.807) is 29.3 Å². The number of aromatic nitrogens is 1. The predicted octanol–water partition coefficient (Wildman–Crippen LogP) is 3.10. The first kappa shape index (κ1) is 28.3. The molecule has 0 aliphatic carbocycles. The van der Waals surface area contributed by atoms with Crippen LogP contribution in [0.5, 0.6) is 5.88 Å². The summed E-state index contributed by atoms with van der Waals surface area (Å²) in [5.41, 5.74) is 0.836. The highest BCUT2D eigenvalue weighted by Gasteiger charge is 2.34. The van der Waals surface area contributed by atoms with Gasteiger partial charge in [-0.05, 0) is 17.8 Å². The number of methoxy groups -OCH3 is 2. The minimum atomic E-state index is -0.771. The molecule has 2 aliphatic heterocycles. The van der Waals surface area contributed by atoms with Gasteiger partial charge >= 0.3 is 6.09 Å². The van der Waals surface area contributed by atoms with E-state index >= 15 is 8.78 Å². The number of amides is 1. The van der Waals surface area contributed by atoms with Gasteiger partial charge in [0.1, 0.15) is 11.8 Å². The molecule has 2 aliphatic rings. The molecule has 0 unspecified atom stereocenters. The Morgan fingerprint density at radius 2 is 1.97 bits per heavy atom. The number of pyridine rings is 1. The number of carbonyl (C=O) groups is 1. The van der Waals surface area contributed by atoms with Gasteiger partial charge in [-0.25, -0.2) is 18.6 Å². The number of carbonyl (C=O) groups excluding carboxylic acids is 1. The molecule has 0 bridgehead atoms. The molecule has 1 amide bonds. The molecule has 1 N–H and O–H groups in total. The van der Waals surface area contributed by atoms with Crippen LogP contribution in [0.2, 0.25) is 0 Å². The maximum atomic E-state index is 15.1. The average Bonchev–Trinajstić information content (AvgIpc) is 3.10. The van der Waals surface area contributed by atoms with Crippen LogP contribution in [-0.2, 0) is 20.9 Å². The van der Waals surface area contributed by atoms with Gasteiger partial charge in [0.2, 0.25) is 5.88 Å². The quantitative estimate of drug-likeness (QED) is 0.530. The zero-order valence-corrected chi connectivity index (χ0v) is 20.7. The summed E-state index contributed by atoms with van der Waals surface area (Å²) in [5.74, 6) is -1.03. The number of hydrogen-bond acceptors (Lipinski definition) is 9. The normalized spacial score (nSPS) is 18.1. The third-order valence-electron chi connectivity index (χ3n) is 5.78. The van der Waals surface area contributed by atoms with Gasteiger partial charge in [0.15, 0.2) is 11.6 Å². The first-order valence-electron chi connectivity index (χ1n) is 11.3. The fourth-order valence-electron chi connectivity index (χ4n) is 3.98. The number of ether oxygens (including phenoxy) is 3. The number of cyclic esters (lactones) is 1. The molecule has 13 heteroatoms. The number of halogens is 2. The molecule has 37 heavy (non-hydrogen) atoms. The van der Waals surface area contributed by atoms with Gasteiger partial charge in [-0.1, -0.05) is 13.5 Å². The fourth-order valence-corrected chi connectivity index (χ4v) is 4.07. The Hall–Kier alpha value is -3.29. The number of benzene rings is 1. The Balaban J connectivity index is 0.00000380. The Bertz CT molecular complexity index is 1070. The predicted molar refractivity (Wildman–Crippen MR) is 138 cm³/mol. The number of rotatable bonds is 7. The molecule has 10 nitrogen and oxygen atoms in total. The smallest absolute Gasteiger partial charge is 0.414 e. The van der Waals surface area contributed by atoms with Crippen LogP contribution < -0.4 is 19.9 Å². The lowest BCUT2D eigenvalue weighted by Gasteiger charge is -2.24. The minimum Gasteiger partial charge on any atom is -0.481 e. The van der Waals surface area contributed by atoms with E-state index in [4.69, 9.17) is 31.3 Å². The van der Waals surface area contributed by atoms with Crippen LogP contribution in [0, 0.1) is 11.6 Å². The Labute approximate surface area is 220 Å². The summed E-state index contributed by atoms with van der Waals surface area (Å²) in [5, 5.41) is 4.69. The summed E-state index contributed by atoms with van der Waals surface area (Å²) in [6.07, 6.45) is 0.452. The summed E-state index contributed by atoms with van der Waals surface area (Å²) in [4.78, 5) is 25.0. The summed E-state index contributed by atoms with van der Waals surface area (Å²) in [7, 11) is 2.96. The Morgan fingerprint density at radius 1 is 1.22 bits per heavy atom. The molecule has 1 aromatic heterocycles. The van der Waals surface area contributed by atoms with Crippen molar-refractivity contribution in [2.24, 2.45) is 0 Å². The number of thiocarbonyl (C=S) groups is 1. The monoisotopic (exact) mass is 539 g/mol. The highest BCUT2D eigenvalue weighted by molar-refractivity contribution is 7.80. The maximum absolute atomic E-state index is 15.1. The zero-order valence-electron chi connectivity index (χ0n) is 19.9. The first-order chi connectivity index (χ1) is 17.4. The molecule has 2 saturated heterocycles. The third kappa shape index (κ3) is 6.93. The van der Waals surface area contributed by atoms with Crippen molar-refractivity contribution >= 4 is 34.9 Å². The summed E-state index contributed by atoms with van der Waals surface area (Å²) >= 11 is 4.90. The molecule has 1 aromatic carbocycles. The number of hydroxylamine groups is 2. The number of hydrogen-bond donors (Lipinski definition) is 1. The van der Waals surface area contributed by atoms with Crippen LogP contribution in [0.1, 0.15) is 13.0 Å². The molecule has 202 valence electrons. The summed E-state index contributed by atoms with van der Waals surface area (Å²) in [6, 6.07) is 5.92. The van der Waals surface area contributed by atoms with Crippen molar-refractivity contribution < 1.29 is 32.6 Å². The van der Waals surface area contributed by atoms with E-state index in [9.17, 15) is 4.79 Å². The van der Waals surface area contributed by atoms with Gasteiger partial charge in [-0.15, -0.1) is 0 Å². The van der Waals surface area contributed by atoms with E-state index in [1.165, 1.54) is 12.0 Å². The van der Waals surface area contributed by atoms with E-state index in [0.717, 1.165) is 17.7 Å². The second-order valence-corrected chi connectivity index (χ2v) is 8.51. The molecule has 2 aromatic rings. The van der Waals surface area contributed by atoms with Crippen LogP contribution in [-0.4, -0.2) is 81.0 Å². The van der Waals surface area contributed by atoms with Crippen molar-refractivity contribution in [3.05, 3.63) is 47.7 Å². The van der Waals surface area contributed by atoms with Crippen molar-refractivity contribution in [2.75, 3.05) is 63.4 Å². The molecular formula is C24H31F2N5O5S. The molecule has 2 fully saturated rings. The largest absolute Gasteiger partial charge is 0.481 e. The van der Waals surface area contributed by atoms with Gasteiger partial charge in [-0.3, -0.25) is 9.74 Å². The highest BCUT2D eigenvalue weighted by atomic mass is 32.1. The van der Waals surface area contributed by atoms with Crippen molar-refractivity contribution in [3.63, 3.8) is 0 Å². The van der Waals surface area contributed by atoms with Gasteiger partial charge in [-0.2, -0.15) is 5.06 Å². The van der Waals surface area contributed by atoms with E-state index in [-0.39, 0.29) is 43.7 Å². The van der Waals surface area contributed by atoms with Crippen molar-refractivity contribution in [2.45, 2.75) is 20.1 Å². The Morgan fingerprint density at radius 3 is 2.62 bits per heavy atom. The van der Waals surface area contributed by atoms with Crippen LogP contribution in [0.4, 0.5) is 25.0 Å². The molecule has 0 radical (unpaired) electrons. The number of anilines is 2. The minimum absolute atomic E-state index is 0. The summed E-state index contributed by atoms with van der Waals surface area (Å²) in [6.45, 7) is 2.11. The molecule has 3 heterocycles. The summed E-state index contributed by atoms with van der Waals surface area (Å²) < 4.78 is 45.5. The topological polar surface area (TPSA) is 88.6 Å². The second kappa shape index (κ2) is 12.8. The number of nitrogens with zero attached hydrogens (tertiary/aromatic N) is 4. The lowest BCUT2D eigenvalue weighted by molar-refractivity contribution is -0.154. The fraction of sp³-hybridized carbons (Fsp3) is 0.458. The lowest BCUT2D eigenvalue weighted by Crippen LogP contribution is -2.34. The van der Waals surface area contributed by atoms with Crippen LogP contribution in [0.3, 0.4) is 0 Å². The van der Waals surface area contributed by atoms with E-state index < -0.39 is 23.8 Å². The van der Waals surface area contributed by atoms with Crippen LogP contribution in [0.15, 0.2) is 30.5 Å². The average molecular weight is 540 g/mol. The molecular weight excluding hydrogens is 508 g/mol. The van der Waals surface area contributed by atoms with E-state index in [2.05, 4.69) is 10.3 Å². The van der Waals surface area contributed by atoms with Gasteiger partial charge in [0.25, 0.3) is 5.17 Å². The molecule has 0 saturated carbocycles. The molecule has 0 spiro atoms. The van der Waals surface area contributed by atoms with Gasteiger partial charge in [0.05, 0.1) is 46.1 Å². The third-order valence-corrected chi connectivity index (χ3v) is 6.09.